The van der Waals surface area contributed by atoms with Crippen LogP contribution in [0.1, 0.15) is 0 Å². The largest absolute Gasteiger partial charge is 0.390 e. The Hall–Kier alpha value is -2.71. The Labute approximate surface area is 188 Å². The second kappa shape index (κ2) is 8.67. The fraction of sp³-hybridized carbons (Fsp3) is 0.280. The summed E-state index contributed by atoms with van der Waals surface area (Å²) in [4.78, 5) is 2.48. The van der Waals surface area contributed by atoms with Gasteiger partial charge in [0.1, 0.15) is 0 Å². The maximum atomic E-state index is 12.8. The maximum Gasteiger partial charge on any atom is 0.243 e. The molecule has 1 saturated heterocycles. The first-order valence-electron chi connectivity index (χ1n) is 11.0. The highest BCUT2D eigenvalue weighted by Gasteiger charge is 2.29. The summed E-state index contributed by atoms with van der Waals surface area (Å²) in [7, 11) is -3.46. The first-order valence-corrected chi connectivity index (χ1v) is 12.4. The van der Waals surface area contributed by atoms with Crippen molar-refractivity contribution in [2.45, 2.75) is 17.5 Å². The lowest BCUT2D eigenvalue weighted by molar-refractivity contribution is 0.0823. The van der Waals surface area contributed by atoms with E-state index in [1.165, 1.54) is 15.1 Å². The van der Waals surface area contributed by atoms with Crippen LogP contribution < -0.4 is 0 Å². The Morgan fingerprint density at radius 3 is 1.84 bits per heavy atom. The van der Waals surface area contributed by atoms with E-state index in [1.807, 2.05) is 30.3 Å². The highest BCUT2D eigenvalue weighted by Crippen LogP contribution is 2.29. The van der Waals surface area contributed by atoms with Crippen LogP contribution in [0.3, 0.4) is 0 Å². The minimum Gasteiger partial charge on any atom is -0.390 e. The van der Waals surface area contributed by atoms with Crippen LogP contribution in [0.15, 0.2) is 83.8 Å². The molecule has 4 aromatic rings. The number of β-amino-alcohol motifs (C(OH)–C–C–N with tert-alkyl or cyclic N) is 1. The van der Waals surface area contributed by atoms with Gasteiger partial charge < -0.3 is 9.67 Å². The highest BCUT2D eigenvalue weighted by molar-refractivity contribution is 7.89. The molecular formula is C25H27N3O3S. The van der Waals surface area contributed by atoms with Crippen LogP contribution in [-0.2, 0) is 16.6 Å². The zero-order chi connectivity index (χ0) is 22.1. The maximum absolute atomic E-state index is 12.8. The summed E-state index contributed by atoms with van der Waals surface area (Å²) in [6, 6.07) is 25.1. The Kier molecular flexibility index (Phi) is 5.73. The van der Waals surface area contributed by atoms with E-state index >= 15 is 0 Å². The lowest BCUT2D eigenvalue weighted by Crippen LogP contribution is -2.50. The van der Waals surface area contributed by atoms with E-state index in [0.29, 0.717) is 44.2 Å². The highest BCUT2D eigenvalue weighted by atomic mass is 32.2. The number of aliphatic hydroxyl groups is 1. The smallest absolute Gasteiger partial charge is 0.243 e. The van der Waals surface area contributed by atoms with E-state index in [-0.39, 0.29) is 0 Å². The molecule has 1 aromatic heterocycles. The molecule has 1 fully saturated rings. The molecule has 0 amide bonds. The van der Waals surface area contributed by atoms with Gasteiger partial charge in [0.25, 0.3) is 0 Å². The summed E-state index contributed by atoms with van der Waals surface area (Å²) in [6.07, 6.45) is -0.550. The second-order valence-electron chi connectivity index (χ2n) is 8.32. The van der Waals surface area contributed by atoms with Crippen LogP contribution in [0, 0.1) is 0 Å². The van der Waals surface area contributed by atoms with Crippen LogP contribution in [0.5, 0.6) is 0 Å². The van der Waals surface area contributed by atoms with Crippen LogP contribution in [0.25, 0.3) is 21.8 Å². The summed E-state index contributed by atoms with van der Waals surface area (Å²) in [6.45, 7) is 3.09. The fourth-order valence-corrected chi connectivity index (χ4v) is 6.10. The predicted octanol–water partition coefficient (Wildman–Crippen LogP) is 3.16. The van der Waals surface area contributed by atoms with Gasteiger partial charge in [0, 0.05) is 54.5 Å². The zero-order valence-corrected chi connectivity index (χ0v) is 18.7. The standard InChI is InChI=1S/C25H27N3O3S/c29-20(19-28-24-12-6-4-10-22(24)23-11-5-7-13-25(23)28)18-26-14-16-27(17-15-26)32(30,31)21-8-2-1-3-9-21/h1-13,20,29H,14-19H2. The van der Waals surface area contributed by atoms with Crippen molar-refractivity contribution in [3.05, 3.63) is 78.9 Å². The third kappa shape index (κ3) is 3.93. The fourth-order valence-electron chi connectivity index (χ4n) is 4.66. The van der Waals surface area contributed by atoms with Gasteiger partial charge in [-0.15, -0.1) is 0 Å². The van der Waals surface area contributed by atoms with E-state index in [2.05, 4.69) is 33.7 Å². The molecule has 1 N–H and O–H groups in total. The summed E-state index contributed by atoms with van der Waals surface area (Å²) in [5.74, 6) is 0. The third-order valence-corrected chi connectivity index (χ3v) is 8.17. The zero-order valence-electron chi connectivity index (χ0n) is 17.8. The van der Waals surface area contributed by atoms with Crippen LogP contribution in [0.2, 0.25) is 0 Å². The first kappa shape index (κ1) is 21.2. The van der Waals surface area contributed by atoms with Crippen molar-refractivity contribution in [3.8, 4) is 0 Å². The van der Waals surface area contributed by atoms with Crippen molar-refractivity contribution in [1.82, 2.24) is 13.8 Å². The molecular weight excluding hydrogens is 422 g/mol. The monoisotopic (exact) mass is 449 g/mol. The van der Waals surface area contributed by atoms with Crippen molar-refractivity contribution in [2.24, 2.45) is 0 Å². The molecule has 1 aliphatic rings. The van der Waals surface area contributed by atoms with E-state index in [9.17, 15) is 13.5 Å². The first-order chi connectivity index (χ1) is 15.5. The number of fused-ring (bicyclic) bond motifs is 3. The average Bonchev–Trinajstić information content (AvgIpc) is 3.14. The number of nitrogens with zero attached hydrogens (tertiary/aromatic N) is 3. The van der Waals surface area contributed by atoms with E-state index in [0.717, 1.165) is 11.0 Å². The van der Waals surface area contributed by atoms with Crippen LogP contribution in [-0.4, -0.2) is 66.1 Å². The van der Waals surface area contributed by atoms with Crippen molar-refractivity contribution in [3.63, 3.8) is 0 Å². The third-order valence-electron chi connectivity index (χ3n) is 6.25. The van der Waals surface area contributed by atoms with E-state index < -0.39 is 16.1 Å². The Morgan fingerprint density at radius 2 is 1.25 bits per heavy atom. The molecule has 1 aliphatic heterocycles. The lowest BCUT2D eigenvalue weighted by atomic mass is 10.2. The molecule has 6 nitrogen and oxygen atoms in total. The van der Waals surface area contributed by atoms with Crippen molar-refractivity contribution in [2.75, 3.05) is 32.7 Å². The Balaban J connectivity index is 1.26. The van der Waals surface area contributed by atoms with Gasteiger partial charge in [-0.25, -0.2) is 8.42 Å². The van der Waals surface area contributed by atoms with Gasteiger partial charge in [0.15, 0.2) is 0 Å². The summed E-state index contributed by atoms with van der Waals surface area (Å²) in [5.41, 5.74) is 2.23. The molecule has 1 unspecified atom stereocenters. The molecule has 0 radical (unpaired) electrons. The molecule has 2 heterocycles. The number of rotatable bonds is 6. The van der Waals surface area contributed by atoms with Gasteiger partial charge in [-0.3, -0.25) is 4.90 Å². The molecule has 0 spiro atoms. The summed E-state index contributed by atoms with van der Waals surface area (Å²) in [5, 5.41) is 13.3. The summed E-state index contributed by atoms with van der Waals surface area (Å²) < 4.78 is 29.4. The van der Waals surface area contributed by atoms with Crippen molar-refractivity contribution < 1.29 is 13.5 Å². The normalized spacial score (nSPS) is 17.2. The van der Waals surface area contributed by atoms with E-state index in [1.54, 1.807) is 24.3 Å². The Morgan fingerprint density at radius 1 is 0.719 bits per heavy atom. The number of benzene rings is 3. The summed E-state index contributed by atoms with van der Waals surface area (Å²) >= 11 is 0. The molecule has 5 rings (SSSR count). The van der Waals surface area contributed by atoms with Gasteiger partial charge >= 0.3 is 0 Å². The number of hydrogen-bond acceptors (Lipinski definition) is 4. The van der Waals surface area contributed by atoms with Crippen LogP contribution >= 0.6 is 0 Å². The molecule has 32 heavy (non-hydrogen) atoms. The number of aliphatic hydroxyl groups excluding tert-OH is 1. The predicted molar refractivity (Wildman–Crippen MR) is 127 cm³/mol. The van der Waals surface area contributed by atoms with Gasteiger partial charge in [-0.2, -0.15) is 4.31 Å². The number of piperazine rings is 1. The number of para-hydroxylation sites is 2. The van der Waals surface area contributed by atoms with Gasteiger partial charge in [0.2, 0.25) is 10.0 Å². The topological polar surface area (TPSA) is 65.8 Å². The molecule has 3 aromatic carbocycles. The van der Waals surface area contributed by atoms with Gasteiger partial charge in [0.05, 0.1) is 17.5 Å². The van der Waals surface area contributed by atoms with Gasteiger partial charge in [-0.05, 0) is 24.3 Å². The SMILES string of the molecule is O=S(=O)(c1ccccc1)N1CCN(CC(O)Cn2c3ccccc3c3ccccc32)CC1. The van der Waals surface area contributed by atoms with Crippen molar-refractivity contribution >= 4 is 31.8 Å². The number of aromatic nitrogens is 1. The van der Waals surface area contributed by atoms with Crippen molar-refractivity contribution in [1.29, 1.82) is 0 Å². The second-order valence-corrected chi connectivity index (χ2v) is 10.3. The minimum absolute atomic E-state index is 0.333. The minimum atomic E-state index is -3.46. The average molecular weight is 450 g/mol. The quantitative estimate of drug-likeness (QED) is 0.491. The molecule has 166 valence electrons. The van der Waals surface area contributed by atoms with Crippen LogP contribution in [0.4, 0.5) is 0 Å². The van der Waals surface area contributed by atoms with Gasteiger partial charge in [-0.1, -0.05) is 54.6 Å². The molecule has 1 atom stereocenters. The molecule has 7 heteroatoms. The number of sulfonamides is 1. The molecule has 0 bridgehead atoms. The molecule has 0 saturated carbocycles. The van der Waals surface area contributed by atoms with E-state index in [4.69, 9.17) is 0 Å². The molecule has 0 aliphatic carbocycles. The Bertz CT molecular complexity index is 1270. The number of hydrogen-bond donors (Lipinski definition) is 1. The lowest BCUT2D eigenvalue weighted by Gasteiger charge is -2.35.